The SMILES string of the molecule is C[Si](C)(C)O[Si](C)(C)O[Si](C)(C)CCCCCCCCCCOc1ccc(C(=O)NNC(=O)c2ccc(OCCCCCCCCCC[Si](C)(C)O[Si](C)(C)O[Si](C)(C)C)cc2)cc1. The molecule has 0 spiro atoms. The molecule has 2 aromatic carbocycles. The monoisotopic (exact) mass is 993 g/mol. The summed E-state index contributed by atoms with van der Waals surface area (Å²) in [5.74, 6) is 0.680. The van der Waals surface area contributed by atoms with Crippen LogP contribution in [0.1, 0.15) is 123 Å². The molecule has 0 bridgehead atoms. The number of hydrogen-bond donors (Lipinski definition) is 2. The van der Waals surface area contributed by atoms with Crippen molar-refractivity contribution in [1.29, 1.82) is 0 Å². The van der Waals surface area contributed by atoms with E-state index in [1.54, 1.807) is 48.5 Å². The number of hydrazine groups is 1. The highest BCUT2D eigenvalue weighted by Gasteiger charge is 2.38. The van der Waals surface area contributed by atoms with Gasteiger partial charge in [-0.15, -0.1) is 0 Å². The Labute approximate surface area is 397 Å². The van der Waals surface area contributed by atoms with E-state index in [1.165, 1.54) is 89.1 Å². The largest absolute Gasteiger partial charge is 0.494 e. The zero-order valence-corrected chi connectivity index (χ0v) is 49.0. The van der Waals surface area contributed by atoms with Crippen molar-refractivity contribution >= 4 is 62.2 Å². The first-order chi connectivity index (χ1) is 29.8. The van der Waals surface area contributed by atoms with Gasteiger partial charge in [0, 0.05) is 11.1 Å². The van der Waals surface area contributed by atoms with E-state index in [2.05, 4.69) is 103 Å². The molecule has 2 N–H and O–H groups in total. The quantitative estimate of drug-likeness (QED) is 0.0405. The number of amides is 2. The van der Waals surface area contributed by atoms with Gasteiger partial charge in [0.1, 0.15) is 11.5 Å². The fourth-order valence-electron chi connectivity index (χ4n) is 8.42. The molecule has 0 fully saturated rings. The van der Waals surface area contributed by atoms with Gasteiger partial charge in [-0.1, -0.05) is 89.9 Å². The normalized spacial score (nSPS) is 12.9. The molecule has 64 heavy (non-hydrogen) atoms. The molecule has 0 saturated carbocycles. The second-order valence-corrected chi connectivity index (χ2v) is 47.1. The number of rotatable bonds is 34. The molecule has 0 aliphatic heterocycles. The predicted molar refractivity (Wildman–Crippen MR) is 283 cm³/mol. The van der Waals surface area contributed by atoms with Gasteiger partial charge < -0.3 is 25.9 Å². The maximum atomic E-state index is 12.7. The van der Waals surface area contributed by atoms with Crippen LogP contribution in [0.15, 0.2) is 48.5 Å². The number of ether oxygens (including phenoxy) is 2. The molecule has 2 aromatic rings. The van der Waals surface area contributed by atoms with Crippen molar-refractivity contribution in [2.75, 3.05) is 13.2 Å². The Kier molecular flexibility index (Phi) is 25.9. The van der Waals surface area contributed by atoms with E-state index >= 15 is 0 Å². The third-order valence-electron chi connectivity index (χ3n) is 10.6. The Morgan fingerprint density at radius 1 is 0.375 bits per heavy atom. The summed E-state index contributed by atoms with van der Waals surface area (Å²) in [5.41, 5.74) is 5.90. The van der Waals surface area contributed by atoms with Crippen LogP contribution in [-0.4, -0.2) is 75.4 Å². The molecule has 366 valence electrons. The third-order valence-corrected chi connectivity index (χ3v) is 30.9. The average molecular weight is 994 g/mol. The van der Waals surface area contributed by atoms with Gasteiger partial charge in [-0.25, -0.2) is 0 Å². The summed E-state index contributed by atoms with van der Waals surface area (Å²) in [4.78, 5) is 25.4. The van der Waals surface area contributed by atoms with E-state index in [1.807, 2.05) is 0 Å². The molecule has 0 saturated heterocycles. The molecule has 0 radical (unpaired) electrons. The van der Waals surface area contributed by atoms with E-state index in [0.717, 1.165) is 37.2 Å². The predicted octanol–water partition coefficient (Wildman–Crippen LogP) is 14.3. The smallest absolute Gasteiger partial charge is 0.311 e. The lowest BCUT2D eigenvalue weighted by Gasteiger charge is -2.37. The first-order valence-corrected chi connectivity index (χ1v) is 43.3. The van der Waals surface area contributed by atoms with Gasteiger partial charge in [0.05, 0.1) is 13.2 Å². The Morgan fingerprint density at radius 2 is 0.641 bits per heavy atom. The maximum absolute atomic E-state index is 12.7. The topological polar surface area (TPSA) is 114 Å². The number of nitrogens with one attached hydrogen (secondary N) is 2. The highest BCUT2D eigenvalue weighted by Crippen LogP contribution is 2.27. The van der Waals surface area contributed by atoms with Crippen molar-refractivity contribution in [3.8, 4) is 11.5 Å². The van der Waals surface area contributed by atoms with Crippen LogP contribution in [0, 0.1) is 0 Å². The molecule has 0 atom stereocenters. The number of hydrogen-bond acceptors (Lipinski definition) is 8. The van der Waals surface area contributed by atoms with Crippen LogP contribution in [0.25, 0.3) is 0 Å². The molecule has 0 unspecified atom stereocenters. The van der Waals surface area contributed by atoms with E-state index in [4.69, 9.17) is 25.9 Å². The van der Waals surface area contributed by atoms with Gasteiger partial charge in [-0.05, 0) is 165 Å². The Morgan fingerprint density at radius 3 is 0.922 bits per heavy atom. The molecule has 10 nitrogen and oxygen atoms in total. The van der Waals surface area contributed by atoms with E-state index in [9.17, 15) is 9.59 Å². The van der Waals surface area contributed by atoms with Crippen LogP contribution in [-0.2, 0) is 16.5 Å². The Hall–Kier alpha value is -1.88. The number of carbonyl (C=O) groups is 2. The molecule has 16 heteroatoms. The van der Waals surface area contributed by atoms with E-state index in [-0.39, 0.29) is 0 Å². The zero-order chi connectivity index (χ0) is 47.9. The average Bonchev–Trinajstić information content (AvgIpc) is 3.15. The van der Waals surface area contributed by atoms with Crippen molar-refractivity contribution in [2.45, 2.75) is 206 Å². The van der Waals surface area contributed by atoms with Gasteiger partial charge in [-0.3, -0.25) is 20.4 Å². The fourth-order valence-corrected chi connectivity index (χ4v) is 35.0. The van der Waals surface area contributed by atoms with Gasteiger partial charge >= 0.3 is 17.1 Å². The summed E-state index contributed by atoms with van der Waals surface area (Å²) >= 11 is 0. The number of benzene rings is 2. The van der Waals surface area contributed by atoms with Crippen LogP contribution in [0.2, 0.25) is 104 Å². The zero-order valence-electron chi connectivity index (χ0n) is 43.0. The van der Waals surface area contributed by atoms with Crippen LogP contribution < -0.4 is 20.3 Å². The lowest BCUT2D eigenvalue weighted by atomic mass is 10.1. The summed E-state index contributed by atoms with van der Waals surface area (Å²) in [7, 11) is -10.7. The van der Waals surface area contributed by atoms with Crippen LogP contribution in [0.3, 0.4) is 0 Å². The molecule has 0 aromatic heterocycles. The van der Waals surface area contributed by atoms with E-state index in [0.29, 0.717) is 24.3 Å². The number of carbonyl (C=O) groups excluding carboxylic acids is 2. The molecule has 0 aliphatic carbocycles. The number of unbranched alkanes of at least 4 members (excludes halogenated alkanes) is 14. The lowest BCUT2D eigenvalue weighted by molar-refractivity contribution is 0.0846. The summed E-state index contributed by atoms with van der Waals surface area (Å²) in [5, 5.41) is 0. The summed E-state index contributed by atoms with van der Waals surface area (Å²) < 4.78 is 37.9. The minimum atomic E-state index is -2.05. The molecular formula is C48H92N2O8Si6. The first-order valence-electron chi connectivity index (χ1n) is 24.6. The minimum absolute atomic E-state index is 0.392. The summed E-state index contributed by atoms with van der Waals surface area (Å²) in [6.07, 6.45) is 19.5. The van der Waals surface area contributed by atoms with Gasteiger partial charge in [0.2, 0.25) is 0 Å². The Balaban J connectivity index is 1.49. The minimum Gasteiger partial charge on any atom is -0.494 e. The second kappa shape index (κ2) is 28.5. The third kappa shape index (κ3) is 29.0. The van der Waals surface area contributed by atoms with Crippen molar-refractivity contribution in [2.24, 2.45) is 0 Å². The molecule has 2 amide bonds. The maximum Gasteiger partial charge on any atom is 0.311 e. The molecule has 0 aliphatic rings. The highest BCUT2D eigenvalue weighted by atomic mass is 28.5. The van der Waals surface area contributed by atoms with Crippen molar-refractivity contribution < 1.29 is 35.5 Å². The van der Waals surface area contributed by atoms with Crippen molar-refractivity contribution in [3.05, 3.63) is 59.7 Å². The lowest BCUT2D eigenvalue weighted by Crippen LogP contribution is -2.51. The van der Waals surface area contributed by atoms with Crippen molar-refractivity contribution in [3.63, 3.8) is 0 Å². The highest BCUT2D eigenvalue weighted by molar-refractivity contribution is 6.88. The fraction of sp³-hybridized carbons (Fsp3) is 0.708. The van der Waals surface area contributed by atoms with Crippen LogP contribution in [0.4, 0.5) is 0 Å². The van der Waals surface area contributed by atoms with Gasteiger partial charge in [0.15, 0.2) is 33.3 Å². The molecule has 2 rings (SSSR count). The summed E-state index contributed by atoms with van der Waals surface area (Å²) in [6.45, 7) is 33.0. The van der Waals surface area contributed by atoms with Gasteiger partial charge in [0.25, 0.3) is 11.8 Å². The van der Waals surface area contributed by atoms with E-state index < -0.39 is 62.2 Å². The second-order valence-electron chi connectivity index (χ2n) is 21.8. The van der Waals surface area contributed by atoms with Crippen LogP contribution >= 0.6 is 0 Å². The standard InChI is InChI=1S/C48H92N2O8Si6/c1-59(2,3)55-63(11,12)57-61(7,8)41-29-25-21-17-15-19-23-27-39-53-45-35-31-43(32-36-45)47(51)49-50-48(52)44-33-37-46(38-34-44)54-40-28-24-20-16-18-22-26-30-42-62(9,10)58-64(13,14)56-60(4,5)6/h31-38H,15-30,39-42H2,1-14H3,(H,49,51)(H,50,52). The molecule has 0 heterocycles. The van der Waals surface area contributed by atoms with Crippen molar-refractivity contribution in [1.82, 2.24) is 10.9 Å². The molecular weight excluding hydrogens is 901 g/mol. The first kappa shape index (κ1) is 58.2. The van der Waals surface area contributed by atoms with Gasteiger partial charge in [-0.2, -0.15) is 0 Å². The van der Waals surface area contributed by atoms with Crippen LogP contribution in [0.5, 0.6) is 11.5 Å². The Bertz CT molecular complexity index is 1490. The summed E-state index contributed by atoms with van der Waals surface area (Å²) in [6, 6.07) is 16.4.